The number of hydrogen-bond donors (Lipinski definition) is 1. The number of likely N-dealkylation sites (tertiary alicyclic amines) is 1. The second-order valence-corrected chi connectivity index (χ2v) is 5.11. The fraction of sp³-hybridized carbons (Fsp3) is 0.538. The molecule has 96 valence electrons. The molecule has 3 rings (SSSR count). The van der Waals surface area contributed by atoms with E-state index in [0.29, 0.717) is 11.9 Å². The second-order valence-electron chi connectivity index (χ2n) is 5.11. The number of hydrogen-bond acceptors (Lipinski definition) is 4. The van der Waals surface area contributed by atoms with Crippen molar-refractivity contribution >= 4 is 11.5 Å². The zero-order valence-corrected chi connectivity index (χ0v) is 10.7. The molecule has 1 atom stereocenters. The third kappa shape index (κ3) is 2.06. The van der Waals surface area contributed by atoms with Gasteiger partial charge >= 0.3 is 0 Å². The molecule has 0 aliphatic carbocycles. The molecule has 2 N–H and O–H groups in total. The number of aromatic nitrogens is 3. The topological polar surface area (TPSA) is 59.5 Å². The molecule has 3 heterocycles. The summed E-state index contributed by atoms with van der Waals surface area (Å²) >= 11 is 0. The van der Waals surface area contributed by atoms with E-state index >= 15 is 0 Å². The smallest absolute Gasteiger partial charge is 0.157 e. The number of fused-ring (bicyclic) bond motifs is 1. The fourth-order valence-electron chi connectivity index (χ4n) is 2.70. The number of nitrogens with zero attached hydrogens (tertiary/aromatic N) is 4. The Balaban J connectivity index is 1.84. The van der Waals surface area contributed by atoms with Gasteiger partial charge in [0.25, 0.3) is 0 Å². The number of piperidine rings is 1. The molecule has 0 radical (unpaired) electrons. The van der Waals surface area contributed by atoms with Crippen LogP contribution in [0.4, 0.5) is 5.82 Å². The van der Waals surface area contributed by atoms with Gasteiger partial charge in [0.2, 0.25) is 0 Å². The van der Waals surface area contributed by atoms with Gasteiger partial charge in [-0.2, -0.15) is 9.61 Å². The van der Waals surface area contributed by atoms with Crippen LogP contribution in [0.25, 0.3) is 5.65 Å². The summed E-state index contributed by atoms with van der Waals surface area (Å²) in [7, 11) is 2.20. The van der Waals surface area contributed by atoms with Crippen molar-refractivity contribution in [3.63, 3.8) is 0 Å². The van der Waals surface area contributed by atoms with Crippen LogP contribution < -0.4 is 5.73 Å². The third-order valence-corrected chi connectivity index (χ3v) is 3.80. The first-order chi connectivity index (χ1) is 8.74. The number of nitrogens with two attached hydrogens (primary N) is 1. The van der Waals surface area contributed by atoms with E-state index < -0.39 is 0 Å². The first-order valence-corrected chi connectivity index (χ1v) is 6.53. The van der Waals surface area contributed by atoms with Crippen LogP contribution in [0.1, 0.15) is 25.0 Å². The molecule has 5 heteroatoms. The summed E-state index contributed by atoms with van der Waals surface area (Å²) in [6.07, 6.45) is 6.60. The second kappa shape index (κ2) is 4.57. The van der Waals surface area contributed by atoms with Gasteiger partial charge in [-0.25, -0.2) is 4.98 Å². The summed E-state index contributed by atoms with van der Waals surface area (Å²) in [4.78, 5) is 6.72. The highest BCUT2D eigenvalue weighted by molar-refractivity contribution is 5.46. The minimum atomic E-state index is 0.602. The van der Waals surface area contributed by atoms with Crippen molar-refractivity contribution in [2.45, 2.75) is 31.7 Å². The lowest BCUT2D eigenvalue weighted by molar-refractivity contribution is 0.183. The standard InChI is InChI=1S/C13H19N5/c1-17-7-3-2-4-11(17)8-10-9-13-15-6-5-12(14)18(13)16-10/h5-6,9,11H,2-4,7-8,14H2,1H3. The Morgan fingerprint density at radius 1 is 1.44 bits per heavy atom. The van der Waals surface area contributed by atoms with Crippen LogP contribution in [0, 0.1) is 0 Å². The number of rotatable bonds is 2. The van der Waals surface area contributed by atoms with Crippen LogP contribution in [0.15, 0.2) is 18.3 Å². The van der Waals surface area contributed by atoms with E-state index in [1.54, 1.807) is 16.8 Å². The van der Waals surface area contributed by atoms with E-state index in [9.17, 15) is 0 Å². The molecule has 2 aromatic rings. The minimum Gasteiger partial charge on any atom is -0.384 e. The van der Waals surface area contributed by atoms with Gasteiger partial charge in [-0.15, -0.1) is 0 Å². The van der Waals surface area contributed by atoms with Crippen molar-refractivity contribution in [2.75, 3.05) is 19.3 Å². The normalized spacial score (nSPS) is 21.5. The Labute approximate surface area is 107 Å². The first kappa shape index (κ1) is 11.5. The average molecular weight is 245 g/mol. The molecule has 18 heavy (non-hydrogen) atoms. The quantitative estimate of drug-likeness (QED) is 0.867. The molecule has 1 saturated heterocycles. The molecule has 1 fully saturated rings. The highest BCUT2D eigenvalue weighted by Gasteiger charge is 2.20. The van der Waals surface area contributed by atoms with E-state index in [2.05, 4.69) is 22.0 Å². The Kier molecular flexibility index (Phi) is 2.91. The van der Waals surface area contributed by atoms with E-state index in [1.807, 2.05) is 6.07 Å². The van der Waals surface area contributed by atoms with Crippen LogP contribution in [0.5, 0.6) is 0 Å². The third-order valence-electron chi connectivity index (χ3n) is 3.80. The maximum atomic E-state index is 5.88. The molecule has 0 aromatic carbocycles. The van der Waals surface area contributed by atoms with Gasteiger partial charge in [0.1, 0.15) is 5.82 Å². The van der Waals surface area contributed by atoms with Crippen LogP contribution in [-0.4, -0.2) is 39.1 Å². The maximum Gasteiger partial charge on any atom is 0.157 e. The summed E-state index contributed by atoms with van der Waals surface area (Å²) < 4.78 is 1.72. The molecule has 2 aromatic heterocycles. The Hall–Kier alpha value is -1.62. The zero-order chi connectivity index (χ0) is 12.5. The summed E-state index contributed by atoms with van der Waals surface area (Å²) in [5.74, 6) is 0.642. The molecule has 5 nitrogen and oxygen atoms in total. The van der Waals surface area contributed by atoms with Crippen molar-refractivity contribution in [1.82, 2.24) is 19.5 Å². The lowest BCUT2D eigenvalue weighted by Gasteiger charge is -2.31. The highest BCUT2D eigenvalue weighted by atomic mass is 15.3. The first-order valence-electron chi connectivity index (χ1n) is 6.53. The molecule has 0 spiro atoms. The van der Waals surface area contributed by atoms with Crippen molar-refractivity contribution in [3.05, 3.63) is 24.0 Å². The highest BCUT2D eigenvalue weighted by Crippen LogP contribution is 2.19. The lowest BCUT2D eigenvalue weighted by Crippen LogP contribution is -2.37. The predicted molar refractivity (Wildman–Crippen MR) is 71.4 cm³/mol. The summed E-state index contributed by atoms with van der Waals surface area (Å²) in [6.45, 7) is 1.19. The molecule has 1 aliphatic heterocycles. The van der Waals surface area contributed by atoms with E-state index in [-0.39, 0.29) is 0 Å². The van der Waals surface area contributed by atoms with E-state index in [1.165, 1.54) is 25.8 Å². The lowest BCUT2D eigenvalue weighted by atomic mass is 9.99. The largest absolute Gasteiger partial charge is 0.384 e. The van der Waals surface area contributed by atoms with Crippen molar-refractivity contribution in [1.29, 1.82) is 0 Å². The monoisotopic (exact) mass is 245 g/mol. The van der Waals surface area contributed by atoms with Gasteiger partial charge < -0.3 is 10.6 Å². The SMILES string of the molecule is CN1CCCCC1Cc1cc2nccc(N)n2n1. The van der Waals surface area contributed by atoms with Gasteiger partial charge in [-0.3, -0.25) is 0 Å². The van der Waals surface area contributed by atoms with Crippen LogP contribution in [0.2, 0.25) is 0 Å². The molecular formula is C13H19N5. The van der Waals surface area contributed by atoms with Gasteiger partial charge in [0, 0.05) is 24.7 Å². The van der Waals surface area contributed by atoms with Gasteiger partial charge in [0.15, 0.2) is 5.65 Å². The van der Waals surface area contributed by atoms with Gasteiger partial charge in [0.05, 0.1) is 5.69 Å². The Morgan fingerprint density at radius 2 is 2.33 bits per heavy atom. The molecule has 0 saturated carbocycles. The molecule has 0 amide bonds. The summed E-state index contributed by atoms with van der Waals surface area (Å²) in [5, 5.41) is 4.54. The van der Waals surface area contributed by atoms with Crippen LogP contribution in [-0.2, 0) is 6.42 Å². The summed E-state index contributed by atoms with van der Waals surface area (Å²) in [5.41, 5.74) is 7.80. The summed E-state index contributed by atoms with van der Waals surface area (Å²) in [6, 6.07) is 4.42. The number of anilines is 1. The average Bonchev–Trinajstić information content (AvgIpc) is 2.76. The van der Waals surface area contributed by atoms with Gasteiger partial charge in [-0.1, -0.05) is 6.42 Å². The van der Waals surface area contributed by atoms with E-state index in [4.69, 9.17) is 5.73 Å². The Morgan fingerprint density at radius 3 is 3.11 bits per heavy atom. The molecule has 0 bridgehead atoms. The van der Waals surface area contributed by atoms with Gasteiger partial charge in [-0.05, 0) is 32.5 Å². The maximum absolute atomic E-state index is 5.88. The van der Waals surface area contributed by atoms with E-state index in [0.717, 1.165) is 17.8 Å². The Bertz CT molecular complexity index is 547. The van der Waals surface area contributed by atoms with Crippen LogP contribution in [0.3, 0.4) is 0 Å². The molecule has 1 aliphatic rings. The number of likely N-dealkylation sites (N-methyl/N-ethyl adjacent to an activating group) is 1. The predicted octanol–water partition coefficient (Wildman–Crippen LogP) is 1.34. The van der Waals surface area contributed by atoms with Crippen LogP contribution >= 0.6 is 0 Å². The van der Waals surface area contributed by atoms with Crippen molar-refractivity contribution in [3.8, 4) is 0 Å². The van der Waals surface area contributed by atoms with Crippen molar-refractivity contribution < 1.29 is 0 Å². The molecular weight excluding hydrogens is 226 g/mol. The van der Waals surface area contributed by atoms with Crippen molar-refractivity contribution in [2.24, 2.45) is 0 Å². The molecule has 1 unspecified atom stereocenters. The number of nitrogen functional groups attached to an aromatic ring is 1. The minimum absolute atomic E-state index is 0.602. The zero-order valence-electron chi connectivity index (χ0n) is 10.7. The fourth-order valence-corrected chi connectivity index (χ4v) is 2.70.